The van der Waals surface area contributed by atoms with Gasteiger partial charge in [0.05, 0.1) is 16.8 Å². The van der Waals surface area contributed by atoms with E-state index in [9.17, 15) is 5.11 Å². The van der Waals surface area contributed by atoms with Gasteiger partial charge in [-0.05, 0) is 65.7 Å². The number of aliphatic hydroxyl groups is 1. The second kappa shape index (κ2) is 7.81. The highest BCUT2D eigenvalue weighted by Gasteiger charge is 2.51. The molecular weight excluding hydrogens is 468 g/mol. The van der Waals surface area contributed by atoms with Crippen LogP contribution in [0.15, 0.2) is 115 Å². The largest absolute Gasteiger partial charge is 0.457 e. The summed E-state index contributed by atoms with van der Waals surface area (Å²) in [6.07, 6.45) is -0.557. The van der Waals surface area contributed by atoms with E-state index in [1.807, 2.05) is 24.1 Å². The van der Waals surface area contributed by atoms with Crippen LogP contribution in [0.1, 0.15) is 39.6 Å². The maximum Gasteiger partial charge on any atom is 0.133 e. The molecule has 0 aliphatic carbocycles. The number of rotatable bonds is 1. The van der Waals surface area contributed by atoms with E-state index in [0.29, 0.717) is 0 Å². The van der Waals surface area contributed by atoms with Gasteiger partial charge in [0.1, 0.15) is 17.7 Å². The van der Waals surface area contributed by atoms with Gasteiger partial charge in [0, 0.05) is 23.4 Å². The second-order valence-corrected chi connectivity index (χ2v) is 10.4. The number of fused-ring (bicyclic) bond motifs is 9. The van der Waals surface area contributed by atoms with Crippen molar-refractivity contribution in [2.75, 3.05) is 11.9 Å². The van der Waals surface area contributed by atoms with Crippen molar-refractivity contribution in [3.63, 3.8) is 0 Å². The third-order valence-electron chi connectivity index (χ3n) is 8.40. The van der Waals surface area contributed by atoms with E-state index in [0.717, 1.165) is 57.4 Å². The lowest BCUT2D eigenvalue weighted by Crippen LogP contribution is -2.39. The van der Waals surface area contributed by atoms with E-state index in [4.69, 9.17) is 4.74 Å². The first kappa shape index (κ1) is 21.7. The van der Waals surface area contributed by atoms with Crippen molar-refractivity contribution in [2.24, 2.45) is 0 Å². The molecule has 1 N–H and O–H groups in total. The van der Waals surface area contributed by atoms with Crippen LogP contribution < -0.4 is 9.64 Å². The van der Waals surface area contributed by atoms with E-state index in [-0.39, 0.29) is 0 Å². The Hall–Kier alpha value is -4.38. The van der Waals surface area contributed by atoms with Crippen LogP contribution >= 0.6 is 0 Å². The number of para-hydroxylation sites is 4. The molecule has 5 aromatic carbocycles. The quantitative estimate of drug-likeness (QED) is 0.258. The summed E-state index contributed by atoms with van der Waals surface area (Å²) in [6, 6.07) is 40.8. The number of hydrogen-bond donors (Lipinski definition) is 1. The average Bonchev–Trinajstić information content (AvgIpc) is 3.25. The highest BCUT2D eigenvalue weighted by atomic mass is 16.5. The van der Waals surface area contributed by atoms with Crippen molar-refractivity contribution >= 4 is 17.1 Å². The van der Waals surface area contributed by atoms with E-state index in [2.05, 4.69) is 108 Å². The topological polar surface area (TPSA) is 35.9 Å². The molecule has 1 atom stereocenters. The molecule has 4 nitrogen and oxygen atoms in total. The van der Waals surface area contributed by atoms with Gasteiger partial charge in [-0.2, -0.15) is 0 Å². The monoisotopic (exact) mass is 494 g/mol. The van der Waals surface area contributed by atoms with Crippen LogP contribution in [-0.4, -0.2) is 17.1 Å². The molecule has 0 radical (unpaired) electrons. The molecule has 1 unspecified atom stereocenters. The molecule has 4 heteroatoms. The third kappa shape index (κ3) is 2.71. The number of aliphatic hydroxyl groups excluding tert-OH is 1. The lowest BCUT2D eigenvalue weighted by atomic mass is 9.61. The van der Waals surface area contributed by atoms with Crippen molar-refractivity contribution in [1.82, 2.24) is 4.90 Å². The van der Waals surface area contributed by atoms with Crippen molar-refractivity contribution in [2.45, 2.75) is 18.2 Å². The van der Waals surface area contributed by atoms with E-state index in [1.165, 1.54) is 11.1 Å². The summed E-state index contributed by atoms with van der Waals surface area (Å²) in [5, 5.41) is 10.6. The molecule has 1 spiro atoms. The Morgan fingerprint density at radius 3 is 1.82 bits per heavy atom. The highest BCUT2D eigenvalue weighted by Crippen LogP contribution is 2.62. The zero-order valence-corrected chi connectivity index (χ0v) is 21.0. The minimum atomic E-state index is -0.557. The molecule has 8 rings (SSSR count). The van der Waals surface area contributed by atoms with Crippen LogP contribution in [-0.2, 0) is 12.0 Å². The molecule has 0 saturated heterocycles. The molecule has 3 aliphatic heterocycles. The Kier molecular flexibility index (Phi) is 4.46. The number of hydrogen-bond acceptors (Lipinski definition) is 4. The second-order valence-electron chi connectivity index (χ2n) is 10.4. The van der Waals surface area contributed by atoms with Gasteiger partial charge in [0.15, 0.2) is 0 Å². The molecule has 0 aromatic heterocycles. The lowest BCUT2D eigenvalue weighted by molar-refractivity contribution is 0.0337. The fourth-order valence-electron chi connectivity index (χ4n) is 6.81. The van der Waals surface area contributed by atoms with Gasteiger partial charge in [0.25, 0.3) is 0 Å². The Morgan fingerprint density at radius 2 is 1.21 bits per heavy atom. The summed E-state index contributed by atoms with van der Waals surface area (Å²) in [5.74, 6) is 1.78. The standard InChI is InChI=1S/C34H26N2O2/c1-35-21-22-20-23(18-19-24(22)33(35)37)36-29-14-6-2-10-25(29)34(26-11-3-7-15-30(26)36)27-12-4-8-16-31(27)38-32-17-9-5-13-28(32)34/h2-20,33,37H,21H2,1H3. The Labute approximate surface area is 222 Å². The maximum atomic E-state index is 10.6. The summed E-state index contributed by atoms with van der Waals surface area (Å²) in [4.78, 5) is 4.35. The molecule has 0 fully saturated rings. The average molecular weight is 495 g/mol. The van der Waals surface area contributed by atoms with Crippen LogP contribution in [0, 0.1) is 0 Å². The minimum absolute atomic E-state index is 0.526. The number of anilines is 3. The smallest absolute Gasteiger partial charge is 0.133 e. The third-order valence-corrected chi connectivity index (χ3v) is 8.40. The van der Waals surface area contributed by atoms with E-state index >= 15 is 0 Å². The normalized spacial score (nSPS) is 18.2. The molecule has 0 amide bonds. The zero-order valence-electron chi connectivity index (χ0n) is 21.0. The fourth-order valence-corrected chi connectivity index (χ4v) is 6.81. The van der Waals surface area contributed by atoms with Crippen LogP contribution in [0.2, 0.25) is 0 Å². The predicted octanol–water partition coefficient (Wildman–Crippen LogP) is 7.39. The number of ether oxygens (including phenoxy) is 1. The van der Waals surface area contributed by atoms with Gasteiger partial charge < -0.3 is 14.7 Å². The molecule has 38 heavy (non-hydrogen) atoms. The van der Waals surface area contributed by atoms with Crippen molar-refractivity contribution in [1.29, 1.82) is 0 Å². The van der Waals surface area contributed by atoms with Gasteiger partial charge in [-0.15, -0.1) is 0 Å². The molecule has 5 aromatic rings. The van der Waals surface area contributed by atoms with Crippen molar-refractivity contribution < 1.29 is 9.84 Å². The summed E-state index contributed by atoms with van der Waals surface area (Å²) >= 11 is 0. The van der Waals surface area contributed by atoms with Crippen LogP contribution in [0.4, 0.5) is 17.1 Å². The zero-order chi connectivity index (χ0) is 25.4. The molecule has 184 valence electrons. The molecule has 0 saturated carbocycles. The maximum absolute atomic E-state index is 10.6. The Morgan fingerprint density at radius 1 is 0.684 bits per heavy atom. The van der Waals surface area contributed by atoms with Crippen molar-refractivity contribution in [3.05, 3.63) is 149 Å². The molecular formula is C34H26N2O2. The van der Waals surface area contributed by atoms with Gasteiger partial charge in [0.2, 0.25) is 0 Å². The number of nitrogens with zero attached hydrogens (tertiary/aromatic N) is 2. The summed E-state index contributed by atoms with van der Waals surface area (Å²) in [5.41, 5.74) is 9.74. The predicted molar refractivity (Wildman–Crippen MR) is 149 cm³/mol. The van der Waals surface area contributed by atoms with Crippen LogP contribution in [0.5, 0.6) is 11.5 Å². The summed E-state index contributed by atoms with van der Waals surface area (Å²) in [7, 11) is 1.96. The molecule has 3 aliphatic rings. The van der Waals surface area contributed by atoms with Gasteiger partial charge in [-0.25, -0.2) is 0 Å². The van der Waals surface area contributed by atoms with Crippen LogP contribution in [0.3, 0.4) is 0 Å². The first-order valence-electron chi connectivity index (χ1n) is 13.0. The van der Waals surface area contributed by atoms with Crippen molar-refractivity contribution in [3.8, 4) is 11.5 Å². The Balaban J connectivity index is 1.46. The first-order valence-corrected chi connectivity index (χ1v) is 13.0. The summed E-state index contributed by atoms with van der Waals surface area (Å²) < 4.78 is 6.48. The highest BCUT2D eigenvalue weighted by molar-refractivity contribution is 5.91. The van der Waals surface area contributed by atoms with Crippen LogP contribution in [0.25, 0.3) is 0 Å². The fraction of sp³-hybridized carbons (Fsp3) is 0.118. The SMILES string of the molecule is CN1Cc2cc(N3c4ccccc4C4(c5ccccc5Oc5ccccc54)c4ccccc43)ccc2C1O. The number of benzene rings is 5. The van der Waals surface area contributed by atoms with E-state index in [1.54, 1.807) is 0 Å². The minimum Gasteiger partial charge on any atom is -0.457 e. The van der Waals surface area contributed by atoms with Gasteiger partial charge in [-0.3, -0.25) is 4.90 Å². The molecule has 3 heterocycles. The lowest BCUT2D eigenvalue weighted by Gasteiger charge is -2.48. The van der Waals surface area contributed by atoms with Gasteiger partial charge in [-0.1, -0.05) is 78.9 Å². The Bertz CT molecular complexity index is 1650. The summed E-state index contributed by atoms with van der Waals surface area (Å²) in [6.45, 7) is 0.726. The van der Waals surface area contributed by atoms with E-state index < -0.39 is 11.6 Å². The first-order chi connectivity index (χ1) is 18.7. The molecule has 0 bridgehead atoms. The van der Waals surface area contributed by atoms with Gasteiger partial charge >= 0.3 is 0 Å².